The smallest absolute Gasteiger partial charge is 0.164 e. The lowest BCUT2D eigenvalue weighted by Gasteiger charge is -2.21. The largest absolute Gasteiger partial charge is 0.387 e. The topological polar surface area (TPSA) is 127 Å². The maximum atomic E-state index is 13.9. The highest BCUT2D eigenvalue weighted by molar-refractivity contribution is 5.86. The van der Waals surface area contributed by atoms with Gasteiger partial charge in [-0.2, -0.15) is 0 Å². The van der Waals surface area contributed by atoms with Crippen LogP contribution in [0.25, 0.3) is 11.0 Å². The molecule has 0 bridgehead atoms. The van der Waals surface area contributed by atoms with Crippen molar-refractivity contribution in [2.24, 2.45) is 0 Å². The number of fused-ring (bicyclic) bond motifs is 1. The number of nitrogen functional groups attached to an aromatic ring is 1. The fourth-order valence-electron chi connectivity index (χ4n) is 3.26. The molecule has 1 fully saturated rings. The molecule has 3 aromatic rings. The number of nitrogens with two attached hydrogens (primary N) is 1. The summed E-state index contributed by atoms with van der Waals surface area (Å²) in [5, 5.41) is 31.8. The summed E-state index contributed by atoms with van der Waals surface area (Å²) in [7, 11) is 0. The van der Waals surface area contributed by atoms with Gasteiger partial charge in [-0.3, -0.25) is 0 Å². The van der Waals surface area contributed by atoms with Crippen LogP contribution in [-0.2, 0) is 4.74 Å². The van der Waals surface area contributed by atoms with Crippen LogP contribution in [0.1, 0.15) is 17.9 Å². The molecule has 5 atom stereocenters. The first kappa shape index (κ1) is 16.9. The number of halogens is 1. The molecular weight excluding hydrogens is 343 g/mol. The summed E-state index contributed by atoms with van der Waals surface area (Å²) in [6, 6.07) is 7.32. The molecule has 1 aromatic carbocycles. The van der Waals surface area contributed by atoms with Crippen LogP contribution in [0.5, 0.6) is 0 Å². The Hall–Kier alpha value is -2.59. The Bertz CT molecular complexity index is 949. The Balaban J connectivity index is 1.68. The zero-order chi connectivity index (χ0) is 18.4. The van der Waals surface area contributed by atoms with E-state index in [-0.39, 0.29) is 11.4 Å². The molecule has 3 heterocycles. The number of hydrogen-bond acceptors (Lipinski definition) is 7. The van der Waals surface area contributed by atoms with E-state index in [1.165, 1.54) is 29.1 Å². The molecule has 2 unspecified atom stereocenters. The van der Waals surface area contributed by atoms with Gasteiger partial charge in [0.1, 0.15) is 48.0 Å². The summed E-state index contributed by atoms with van der Waals surface area (Å²) < 4.78 is 21.1. The number of anilines is 1. The minimum absolute atomic E-state index is 0.0201. The average Bonchev–Trinajstić information content (AvgIpc) is 3.18. The van der Waals surface area contributed by atoms with E-state index in [2.05, 4.69) is 9.97 Å². The van der Waals surface area contributed by atoms with Crippen molar-refractivity contribution in [2.45, 2.75) is 30.6 Å². The molecular formula is C17H17FN4O4. The van der Waals surface area contributed by atoms with E-state index in [0.29, 0.717) is 11.0 Å². The lowest BCUT2D eigenvalue weighted by molar-refractivity contribution is -0.0856. The first-order valence-corrected chi connectivity index (χ1v) is 8.00. The number of hydrogen-bond donors (Lipinski definition) is 4. The van der Waals surface area contributed by atoms with E-state index >= 15 is 0 Å². The highest BCUT2D eigenvalue weighted by atomic mass is 19.1. The van der Waals surface area contributed by atoms with Crippen LogP contribution in [0, 0.1) is 5.82 Å². The zero-order valence-electron chi connectivity index (χ0n) is 13.5. The number of nitrogens with zero attached hydrogens (tertiary/aromatic N) is 3. The summed E-state index contributed by atoms with van der Waals surface area (Å²) in [5.41, 5.74) is 6.19. The minimum Gasteiger partial charge on any atom is -0.387 e. The van der Waals surface area contributed by atoms with E-state index < -0.39 is 36.5 Å². The van der Waals surface area contributed by atoms with Crippen LogP contribution >= 0.6 is 0 Å². The van der Waals surface area contributed by atoms with E-state index in [0.717, 1.165) is 0 Å². The molecule has 0 radical (unpaired) electrons. The number of aliphatic hydroxyl groups is 3. The molecule has 0 saturated carbocycles. The fraction of sp³-hybridized carbons (Fsp3) is 0.294. The normalized spacial score (nSPS) is 27.1. The second-order valence-electron chi connectivity index (χ2n) is 6.16. The Labute approximate surface area is 147 Å². The minimum atomic E-state index is -1.45. The Morgan fingerprint density at radius 1 is 1.15 bits per heavy atom. The summed E-state index contributed by atoms with van der Waals surface area (Å²) in [4.78, 5) is 8.02. The third kappa shape index (κ3) is 2.53. The van der Waals surface area contributed by atoms with Crippen molar-refractivity contribution >= 4 is 16.9 Å². The lowest BCUT2D eigenvalue weighted by atomic mass is 9.99. The quantitative estimate of drug-likeness (QED) is 0.536. The van der Waals surface area contributed by atoms with Crippen molar-refractivity contribution in [3.63, 3.8) is 0 Å². The van der Waals surface area contributed by atoms with Crippen LogP contribution in [0.2, 0.25) is 0 Å². The number of rotatable bonds is 3. The Morgan fingerprint density at radius 3 is 2.69 bits per heavy atom. The van der Waals surface area contributed by atoms with Crippen molar-refractivity contribution in [3.05, 3.63) is 54.2 Å². The Morgan fingerprint density at radius 2 is 1.92 bits per heavy atom. The third-order valence-electron chi connectivity index (χ3n) is 4.62. The SMILES string of the molecule is Nc1ncnc2c1ccn2[C@@H]1OC(C(O)c2ccccc2F)[C@@H](O)[C@H]1O. The molecule has 2 aromatic heterocycles. The summed E-state index contributed by atoms with van der Waals surface area (Å²) >= 11 is 0. The molecule has 9 heteroatoms. The molecule has 0 amide bonds. The third-order valence-corrected chi connectivity index (χ3v) is 4.62. The highest BCUT2D eigenvalue weighted by Crippen LogP contribution is 2.38. The molecule has 1 saturated heterocycles. The Kier molecular flexibility index (Phi) is 4.08. The highest BCUT2D eigenvalue weighted by Gasteiger charge is 2.47. The predicted molar refractivity (Wildman–Crippen MR) is 89.2 cm³/mol. The van der Waals surface area contributed by atoms with Crippen LogP contribution in [0.3, 0.4) is 0 Å². The van der Waals surface area contributed by atoms with Gasteiger partial charge >= 0.3 is 0 Å². The molecule has 5 N–H and O–H groups in total. The second-order valence-corrected chi connectivity index (χ2v) is 6.16. The van der Waals surface area contributed by atoms with Gasteiger partial charge in [0, 0.05) is 11.8 Å². The number of benzene rings is 1. The maximum absolute atomic E-state index is 13.9. The van der Waals surface area contributed by atoms with Gasteiger partial charge in [-0.15, -0.1) is 0 Å². The number of aliphatic hydroxyl groups excluding tert-OH is 3. The fourth-order valence-corrected chi connectivity index (χ4v) is 3.26. The molecule has 4 rings (SSSR count). The van der Waals surface area contributed by atoms with Gasteiger partial charge in [-0.25, -0.2) is 14.4 Å². The molecule has 0 spiro atoms. The van der Waals surface area contributed by atoms with Crippen molar-refractivity contribution in [3.8, 4) is 0 Å². The van der Waals surface area contributed by atoms with E-state index in [1.54, 1.807) is 18.3 Å². The maximum Gasteiger partial charge on any atom is 0.164 e. The van der Waals surface area contributed by atoms with Gasteiger partial charge in [0.15, 0.2) is 6.23 Å². The van der Waals surface area contributed by atoms with Crippen LogP contribution in [0.4, 0.5) is 10.2 Å². The molecule has 26 heavy (non-hydrogen) atoms. The van der Waals surface area contributed by atoms with E-state index in [9.17, 15) is 19.7 Å². The van der Waals surface area contributed by atoms with Gasteiger partial charge in [0.25, 0.3) is 0 Å². The second kappa shape index (κ2) is 6.29. The molecule has 8 nitrogen and oxygen atoms in total. The zero-order valence-corrected chi connectivity index (χ0v) is 13.5. The molecule has 1 aliphatic rings. The van der Waals surface area contributed by atoms with Crippen LogP contribution in [0.15, 0.2) is 42.9 Å². The number of aromatic nitrogens is 3. The first-order valence-electron chi connectivity index (χ1n) is 8.00. The van der Waals surface area contributed by atoms with Gasteiger partial charge in [-0.05, 0) is 12.1 Å². The van der Waals surface area contributed by atoms with Crippen molar-refractivity contribution in [1.29, 1.82) is 0 Å². The van der Waals surface area contributed by atoms with Gasteiger partial charge in [0.05, 0.1) is 5.39 Å². The molecule has 136 valence electrons. The summed E-state index contributed by atoms with van der Waals surface area (Å²) in [6.45, 7) is 0. The van der Waals surface area contributed by atoms with Gasteiger partial charge in [-0.1, -0.05) is 18.2 Å². The van der Waals surface area contributed by atoms with Crippen molar-refractivity contribution in [1.82, 2.24) is 14.5 Å². The van der Waals surface area contributed by atoms with Crippen LogP contribution in [-0.4, -0.2) is 48.2 Å². The summed E-state index contributed by atoms with van der Waals surface area (Å²) in [5.74, 6) is -0.356. The van der Waals surface area contributed by atoms with E-state index in [1.807, 2.05) is 0 Å². The molecule has 1 aliphatic heterocycles. The van der Waals surface area contributed by atoms with Crippen LogP contribution < -0.4 is 5.73 Å². The first-order chi connectivity index (χ1) is 12.5. The summed E-state index contributed by atoms with van der Waals surface area (Å²) in [6.07, 6.45) is -3.61. The number of ether oxygens (including phenoxy) is 1. The van der Waals surface area contributed by atoms with Crippen molar-refractivity contribution < 1.29 is 24.4 Å². The van der Waals surface area contributed by atoms with Gasteiger partial charge in [0.2, 0.25) is 0 Å². The molecule has 0 aliphatic carbocycles. The average molecular weight is 360 g/mol. The standard InChI is InChI=1S/C17H17FN4O4/c18-10-4-2-1-3-8(10)11(23)14-12(24)13(25)17(26-14)22-6-5-9-15(19)20-7-21-16(9)22/h1-7,11-14,17,23-25H,(H2,19,20,21)/t11?,12-,13+,14?,17+/m0/s1. The monoisotopic (exact) mass is 360 g/mol. The van der Waals surface area contributed by atoms with Gasteiger partial charge < -0.3 is 30.4 Å². The predicted octanol–water partition coefficient (Wildman–Crippen LogP) is 0.505. The van der Waals surface area contributed by atoms with Crippen molar-refractivity contribution in [2.75, 3.05) is 5.73 Å². The lowest BCUT2D eigenvalue weighted by Crippen LogP contribution is -2.35. The van der Waals surface area contributed by atoms with E-state index in [4.69, 9.17) is 10.5 Å².